The van der Waals surface area contributed by atoms with Crippen LogP contribution in [-0.4, -0.2) is 42.3 Å². The van der Waals surface area contributed by atoms with Crippen LogP contribution in [0.3, 0.4) is 0 Å². The number of amides is 1. The molecule has 1 saturated heterocycles. The molecule has 1 aliphatic heterocycles. The smallest absolute Gasteiger partial charge is 0.221 e. The van der Waals surface area contributed by atoms with E-state index in [2.05, 4.69) is 5.32 Å². The van der Waals surface area contributed by atoms with Gasteiger partial charge in [-0.3, -0.25) is 14.5 Å². The summed E-state index contributed by atoms with van der Waals surface area (Å²) in [4.78, 5) is 26.2. The molecule has 0 saturated carbocycles. The van der Waals surface area contributed by atoms with Gasteiger partial charge in [0.2, 0.25) is 5.91 Å². The molecule has 1 fully saturated rings. The second-order valence-electron chi connectivity index (χ2n) is 4.28. The van der Waals surface area contributed by atoms with E-state index in [0.29, 0.717) is 35.3 Å². The lowest BCUT2D eigenvalue weighted by atomic mass is 10.1. The van der Waals surface area contributed by atoms with E-state index < -0.39 is 0 Å². The SMILES string of the molecule is CC(C(=O)c1ccc(Cl)s1)N1CCNC(=O)CC1. The zero-order valence-electron chi connectivity index (χ0n) is 10.1. The van der Waals surface area contributed by atoms with Gasteiger partial charge in [0.1, 0.15) is 0 Å². The summed E-state index contributed by atoms with van der Waals surface area (Å²) in [5, 5.41) is 2.80. The summed E-state index contributed by atoms with van der Waals surface area (Å²) in [6, 6.07) is 3.28. The summed E-state index contributed by atoms with van der Waals surface area (Å²) in [6.07, 6.45) is 0.447. The monoisotopic (exact) mass is 286 g/mol. The first kappa shape index (κ1) is 13.5. The number of thiophene rings is 1. The largest absolute Gasteiger partial charge is 0.355 e. The Morgan fingerprint density at radius 2 is 2.28 bits per heavy atom. The van der Waals surface area contributed by atoms with Crippen molar-refractivity contribution in [2.45, 2.75) is 19.4 Å². The highest BCUT2D eigenvalue weighted by Gasteiger charge is 2.25. The number of carbonyl (C=O) groups is 2. The van der Waals surface area contributed by atoms with Crippen molar-refractivity contribution in [3.05, 3.63) is 21.3 Å². The predicted molar refractivity (Wildman–Crippen MR) is 72.3 cm³/mol. The highest BCUT2D eigenvalue weighted by molar-refractivity contribution is 7.18. The molecule has 1 aliphatic rings. The van der Waals surface area contributed by atoms with Crippen molar-refractivity contribution in [1.29, 1.82) is 0 Å². The lowest BCUT2D eigenvalue weighted by Crippen LogP contribution is -2.40. The van der Waals surface area contributed by atoms with E-state index in [-0.39, 0.29) is 17.7 Å². The maximum Gasteiger partial charge on any atom is 0.221 e. The second-order valence-corrected chi connectivity index (χ2v) is 5.99. The van der Waals surface area contributed by atoms with Crippen molar-refractivity contribution in [2.75, 3.05) is 19.6 Å². The van der Waals surface area contributed by atoms with Crippen LogP contribution in [0.1, 0.15) is 23.0 Å². The van der Waals surface area contributed by atoms with Gasteiger partial charge < -0.3 is 5.32 Å². The molecule has 1 aromatic rings. The summed E-state index contributed by atoms with van der Waals surface area (Å²) in [7, 11) is 0. The van der Waals surface area contributed by atoms with Gasteiger partial charge >= 0.3 is 0 Å². The number of carbonyl (C=O) groups excluding carboxylic acids is 2. The molecule has 0 bridgehead atoms. The first-order valence-electron chi connectivity index (χ1n) is 5.88. The molecule has 98 valence electrons. The summed E-state index contributed by atoms with van der Waals surface area (Å²) in [6.45, 7) is 3.81. The normalized spacial score (nSPS) is 19.1. The molecule has 0 aromatic carbocycles. The lowest BCUT2D eigenvalue weighted by molar-refractivity contribution is -0.120. The standard InChI is InChI=1S/C12H15ClN2O2S/c1-8(12(17)9-2-3-10(13)18-9)15-6-4-11(16)14-5-7-15/h2-3,8H,4-7H2,1H3,(H,14,16). The summed E-state index contributed by atoms with van der Waals surface area (Å²) in [5.41, 5.74) is 0. The zero-order valence-corrected chi connectivity index (χ0v) is 11.7. The van der Waals surface area contributed by atoms with Crippen molar-refractivity contribution in [3.8, 4) is 0 Å². The van der Waals surface area contributed by atoms with Gasteiger partial charge in [-0.1, -0.05) is 11.6 Å². The number of Topliss-reactive ketones (excluding diaryl/α,β-unsaturated/α-hetero) is 1. The Balaban J connectivity index is 2.04. The number of halogens is 1. The van der Waals surface area contributed by atoms with Crippen LogP contribution >= 0.6 is 22.9 Å². The fraction of sp³-hybridized carbons (Fsp3) is 0.500. The number of hydrogen-bond donors (Lipinski definition) is 1. The molecule has 1 aromatic heterocycles. The first-order chi connectivity index (χ1) is 8.58. The molecule has 0 spiro atoms. The van der Waals surface area contributed by atoms with Crippen molar-refractivity contribution in [3.63, 3.8) is 0 Å². The molecule has 18 heavy (non-hydrogen) atoms. The highest BCUT2D eigenvalue weighted by Crippen LogP contribution is 2.23. The Kier molecular flexibility index (Phi) is 4.37. The number of ketones is 1. The summed E-state index contributed by atoms with van der Waals surface area (Å²) in [5.74, 6) is 0.123. The molecule has 2 heterocycles. The summed E-state index contributed by atoms with van der Waals surface area (Å²) < 4.78 is 0.623. The van der Waals surface area contributed by atoms with Gasteiger partial charge in [-0.25, -0.2) is 0 Å². The first-order valence-corrected chi connectivity index (χ1v) is 7.07. The molecule has 1 atom stereocenters. The number of nitrogens with zero attached hydrogens (tertiary/aromatic N) is 1. The molecule has 6 heteroatoms. The molecule has 1 unspecified atom stereocenters. The maximum atomic E-state index is 12.3. The van der Waals surface area contributed by atoms with Crippen LogP contribution in [0.2, 0.25) is 4.34 Å². The van der Waals surface area contributed by atoms with E-state index in [1.54, 1.807) is 12.1 Å². The highest BCUT2D eigenvalue weighted by atomic mass is 35.5. The van der Waals surface area contributed by atoms with E-state index in [9.17, 15) is 9.59 Å². The van der Waals surface area contributed by atoms with Crippen LogP contribution in [-0.2, 0) is 4.79 Å². The molecule has 0 aliphatic carbocycles. The fourth-order valence-corrected chi connectivity index (χ4v) is 3.06. The van der Waals surface area contributed by atoms with E-state index in [1.165, 1.54) is 11.3 Å². The van der Waals surface area contributed by atoms with Gasteiger partial charge in [0.25, 0.3) is 0 Å². The summed E-state index contributed by atoms with van der Waals surface area (Å²) >= 11 is 7.14. The Hall–Kier alpha value is -0.910. The number of nitrogens with one attached hydrogen (secondary N) is 1. The van der Waals surface area contributed by atoms with E-state index in [0.717, 1.165) is 0 Å². The lowest BCUT2D eigenvalue weighted by Gasteiger charge is -2.25. The van der Waals surface area contributed by atoms with Gasteiger partial charge in [-0.15, -0.1) is 11.3 Å². The Morgan fingerprint density at radius 1 is 1.50 bits per heavy atom. The van der Waals surface area contributed by atoms with Gasteiger partial charge in [0, 0.05) is 26.1 Å². The molecule has 1 amide bonds. The zero-order chi connectivity index (χ0) is 13.1. The third-order valence-electron chi connectivity index (χ3n) is 3.09. The van der Waals surface area contributed by atoms with Crippen LogP contribution < -0.4 is 5.32 Å². The minimum absolute atomic E-state index is 0.0521. The minimum atomic E-state index is -0.215. The molecule has 4 nitrogen and oxygen atoms in total. The minimum Gasteiger partial charge on any atom is -0.355 e. The predicted octanol–water partition coefficient (Wildman–Crippen LogP) is 1.79. The molecular formula is C12H15ClN2O2S. The third kappa shape index (κ3) is 3.10. The van der Waals surface area contributed by atoms with Crippen LogP contribution in [0.25, 0.3) is 0 Å². The van der Waals surface area contributed by atoms with E-state index >= 15 is 0 Å². The van der Waals surface area contributed by atoms with E-state index in [4.69, 9.17) is 11.6 Å². The average Bonchev–Trinajstić information content (AvgIpc) is 2.66. The Labute approximate surface area is 115 Å². The van der Waals surface area contributed by atoms with Crippen LogP contribution in [0.5, 0.6) is 0 Å². The average molecular weight is 287 g/mol. The second kappa shape index (κ2) is 5.82. The maximum absolute atomic E-state index is 12.3. The van der Waals surface area contributed by atoms with Gasteiger partial charge in [-0.2, -0.15) is 0 Å². The Morgan fingerprint density at radius 3 is 2.94 bits per heavy atom. The molecule has 1 N–H and O–H groups in total. The fourth-order valence-electron chi connectivity index (χ4n) is 1.99. The van der Waals surface area contributed by atoms with Gasteiger partial charge in [0.05, 0.1) is 15.3 Å². The van der Waals surface area contributed by atoms with Crippen LogP contribution in [0.4, 0.5) is 0 Å². The van der Waals surface area contributed by atoms with Gasteiger partial charge in [-0.05, 0) is 19.1 Å². The van der Waals surface area contributed by atoms with Crippen molar-refractivity contribution in [2.24, 2.45) is 0 Å². The molecular weight excluding hydrogens is 272 g/mol. The number of hydrogen-bond acceptors (Lipinski definition) is 4. The molecule has 2 rings (SSSR count). The van der Waals surface area contributed by atoms with E-state index in [1.807, 2.05) is 11.8 Å². The van der Waals surface area contributed by atoms with Crippen molar-refractivity contribution < 1.29 is 9.59 Å². The van der Waals surface area contributed by atoms with Crippen LogP contribution in [0.15, 0.2) is 12.1 Å². The van der Waals surface area contributed by atoms with Crippen LogP contribution in [0, 0.1) is 0 Å². The van der Waals surface area contributed by atoms with Crippen molar-refractivity contribution in [1.82, 2.24) is 10.2 Å². The number of rotatable bonds is 3. The Bertz CT molecular complexity index is 461. The van der Waals surface area contributed by atoms with Gasteiger partial charge in [0.15, 0.2) is 5.78 Å². The quantitative estimate of drug-likeness (QED) is 0.862. The topological polar surface area (TPSA) is 49.4 Å². The molecule has 0 radical (unpaired) electrons. The third-order valence-corrected chi connectivity index (χ3v) is 4.34. The van der Waals surface area contributed by atoms with Crippen molar-refractivity contribution >= 4 is 34.6 Å².